The van der Waals surface area contributed by atoms with Crippen LogP contribution in [0.5, 0.6) is 0 Å². The quantitative estimate of drug-likeness (QED) is 0.600. The third-order valence-electron chi connectivity index (χ3n) is 5.87. The van der Waals surface area contributed by atoms with Gasteiger partial charge in [0.25, 0.3) is 5.91 Å². The Balaban J connectivity index is 1.28. The second-order valence-corrected chi connectivity index (χ2v) is 9.07. The summed E-state index contributed by atoms with van der Waals surface area (Å²) in [5.41, 5.74) is 7.14. The molecule has 0 aliphatic carbocycles. The fourth-order valence-corrected chi connectivity index (χ4v) is 4.77. The van der Waals surface area contributed by atoms with Crippen molar-refractivity contribution in [1.82, 2.24) is 15.8 Å². The third-order valence-corrected chi connectivity index (χ3v) is 6.77. The molecule has 2 N–H and O–H groups in total. The number of rotatable bonds is 7. The molecule has 0 saturated carbocycles. The smallest absolute Gasteiger partial charge is 0.289 e. The standard InChI is InChI=1S/C23H29N5O4S/c1-2-3-4-16-5-7-18(8-6-16)28-14-17(13-20(28)29)21(30)25-26-22(31)19-15-33-23(24-19)27-9-11-32-12-10-27/h5-8,15,17H,2-4,9-14H2,1H3,(H,25,30)(H,26,31). The molecule has 1 unspecified atom stereocenters. The normalized spacial score (nSPS) is 18.5. The van der Waals surface area contributed by atoms with Crippen LogP contribution in [0.15, 0.2) is 29.6 Å². The highest BCUT2D eigenvalue weighted by atomic mass is 32.1. The number of unbranched alkanes of at least 4 members (excludes halogenated alkanes) is 1. The number of anilines is 2. The maximum absolute atomic E-state index is 12.6. The summed E-state index contributed by atoms with van der Waals surface area (Å²) in [4.78, 5) is 45.6. The third kappa shape index (κ3) is 5.69. The van der Waals surface area contributed by atoms with Crippen LogP contribution in [0, 0.1) is 5.92 Å². The number of hydrazine groups is 1. The number of thiazole rings is 1. The Morgan fingerprint density at radius 1 is 1.18 bits per heavy atom. The van der Waals surface area contributed by atoms with Gasteiger partial charge in [-0.25, -0.2) is 4.98 Å². The minimum atomic E-state index is -0.531. The van der Waals surface area contributed by atoms with Crippen molar-refractivity contribution < 1.29 is 19.1 Å². The Labute approximate surface area is 197 Å². The van der Waals surface area contributed by atoms with Gasteiger partial charge in [0.05, 0.1) is 19.1 Å². The summed E-state index contributed by atoms with van der Waals surface area (Å²) in [5, 5.41) is 2.42. The lowest BCUT2D eigenvalue weighted by molar-refractivity contribution is -0.126. The highest BCUT2D eigenvalue weighted by Crippen LogP contribution is 2.26. The lowest BCUT2D eigenvalue weighted by Crippen LogP contribution is -2.45. The molecule has 1 atom stereocenters. The van der Waals surface area contributed by atoms with E-state index in [4.69, 9.17) is 4.74 Å². The van der Waals surface area contributed by atoms with Gasteiger partial charge in [0.1, 0.15) is 5.69 Å². The zero-order valence-electron chi connectivity index (χ0n) is 18.7. The predicted octanol–water partition coefficient (Wildman–Crippen LogP) is 2.14. The maximum Gasteiger partial charge on any atom is 0.289 e. The van der Waals surface area contributed by atoms with Crippen molar-refractivity contribution in [1.29, 1.82) is 0 Å². The molecular weight excluding hydrogens is 442 g/mol. The lowest BCUT2D eigenvalue weighted by atomic mass is 10.1. The summed E-state index contributed by atoms with van der Waals surface area (Å²) in [5.74, 6) is -1.50. The molecule has 2 aliphatic heterocycles. The van der Waals surface area contributed by atoms with E-state index in [0.29, 0.717) is 13.2 Å². The van der Waals surface area contributed by atoms with Crippen molar-refractivity contribution in [3.05, 3.63) is 40.9 Å². The molecule has 10 heteroatoms. The molecule has 3 heterocycles. The van der Waals surface area contributed by atoms with Crippen LogP contribution in [0.3, 0.4) is 0 Å². The molecule has 9 nitrogen and oxygen atoms in total. The highest BCUT2D eigenvalue weighted by Gasteiger charge is 2.35. The van der Waals surface area contributed by atoms with Crippen LogP contribution in [-0.2, 0) is 20.7 Å². The van der Waals surface area contributed by atoms with Crippen molar-refractivity contribution in [3.63, 3.8) is 0 Å². The van der Waals surface area contributed by atoms with E-state index in [0.717, 1.165) is 43.2 Å². The molecule has 2 saturated heterocycles. The van der Waals surface area contributed by atoms with Gasteiger partial charge in [0.15, 0.2) is 5.13 Å². The van der Waals surface area contributed by atoms with Gasteiger partial charge < -0.3 is 14.5 Å². The van der Waals surface area contributed by atoms with E-state index in [1.165, 1.54) is 16.9 Å². The fraction of sp³-hybridized carbons (Fsp3) is 0.478. The van der Waals surface area contributed by atoms with Crippen LogP contribution in [0.1, 0.15) is 42.2 Å². The van der Waals surface area contributed by atoms with Gasteiger partial charge >= 0.3 is 0 Å². The Morgan fingerprint density at radius 2 is 1.94 bits per heavy atom. The number of ether oxygens (including phenoxy) is 1. The maximum atomic E-state index is 12.6. The van der Waals surface area contributed by atoms with E-state index in [1.54, 1.807) is 10.3 Å². The highest BCUT2D eigenvalue weighted by molar-refractivity contribution is 7.13. The molecular formula is C23H29N5O4S. The van der Waals surface area contributed by atoms with Crippen molar-refractivity contribution in [3.8, 4) is 0 Å². The first-order chi connectivity index (χ1) is 16.0. The summed E-state index contributed by atoms with van der Waals surface area (Å²) in [6.07, 6.45) is 3.39. The summed E-state index contributed by atoms with van der Waals surface area (Å²) >= 11 is 1.38. The number of hydrogen-bond donors (Lipinski definition) is 2. The predicted molar refractivity (Wildman–Crippen MR) is 126 cm³/mol. The number of nitrogens with one attached hydrogen (secondary N) is 2. The molecule has 33 heavy (non-hydrogen) atoms. The number of hydrogen-bond acceptors (Lipinski definition) is 7. The molecule has 0 spiro atoms. The number of benzene rings is 1. The Morgan fingerprint density at radius 3 is 2.67 bits per heavy atom. The average Bonchev–Trinajstić information content (AvgIpc) is 3.49. The van der Waals surface area contributed by atoms with Crippen molar-refractivity contribution >= 4 is 39.9 Å². The Bertz CT molecular complexity index is 987. The number of carbonyl (C=O) groups is 3. The molecule has 1 aromatic carbocycles. The van der Waals surface area contributed by atoms with Gasteiger partial charge in [-0.2, -0.15) is 0 Å². The zero-order valence-corrected chi connectivity index (χ0v) is 19.5. The fourth-order valence-electron chi connectivity index (χ4n) is 3.91. The minimum Gasteiger partial charge on any atom is -0.378 e. The van der Waals surface area contributed by atoms with Crippen LogP contribution < -0.4 is 20.7 Å². The summed E-state index contributed by atoms with van der Waals surface area (Å²) in [7, 11) is 0. The molecule has 2 aromatic rings. The first kappa shape index (κ1) is 23.2. The number of aryl methyl sites for hydroxylation is 1. The second kappa shape index (κ2) is 10.8. The lowest BCUT2D eigenvalue weighted by Gasteiger charge is -2.25. The van der Waals surface area contributed by atoms with Crippen LogP contribution in [0.2, 0.25) is 0 Å². The number of morpholine rings is 1. The first-order valence-electron chi connectivity index (χ1n) is 11.3. The summed E-state index contributed by atoms with van der Waals surface area (Å²) in [6.45, 7) is 5.18. The van der Waals surface area contributed by atoms with Crippen molar-refractivity contribution in [2.45, 2.75) is 32.6 Å². The Kier molecular flexibility index (Phi) is 7.56. The van der Waals surface area contributed by atoms with Gasteiger partial charge in [0.2, 0.25) is 11.8 Å². The molecule has 2 aliphatic rings. The second-order valence-electron chi connectivity index (χ2n) is 8.23. The molecule has 1 aromatic heterocycles. The summed E-state index contributed by atoms with van der Waals surface area (Å²) < 4.78 is 5.33. The van der Waals surface area contributed by atoms with E-state index in [9.17, 15) is 14.4 Å². The molecule has 176 valence electrons. The largest absolute Gasteiger partial charge is 0.378 e. The SMILES string of the molecule is CCCCc1ccc(N2CC(C(=O)NNC(=O)c3csc(N4CCOCC4)n3)CC2=O)cc1. The van der Waals surface area contributed by atoms with E-state index in [-0.39, 0.29) is 30.5 Å². The van der Waals surface area contributed by atoms with E-state index < -0.39 is 11.8 Å². The van der Waals surface area contributed by atoms with Crippen LogP contribution in [0.4, 0.5) is 10.8 Å². The van der Waals surface area contributed by atoms with Gasteiger partial charge in [-0.15, -0.1) is 11.3 Å². The molecule has 3 amide bonds. The number of amides is 3. The van der Waals surface area contributed by atoms with Gasteiger partial charge in [-0.1, -0.05) is 25.5 Å². The monoisotopic (exact) mass is 471 g/mol. The van der Waals surface area contributed by atoms with Crippen LogP contribution in [-0.4, -0.2) is 55.6 Å². The molecule has 0 bridgehead atoms. The molecule has 0 radical (unpaired) electrons. The van der Waals surface area contributed by atoms with Gasteiger partial charge in [-0.3, -0.25) is 25.2 Å². The molecule has 4 rings (SSSR count). The molecule has 2 fully saturated rings. The zero-order chi connectivity index (χ0) is 23.2. The average molecular weight is 472 g/mol. The van der Waals surface area contributed by atoms with E-state index in [2.05, 4.69) is 27.7 Å². The van der Waals surface area contributed by atoms with Crippen molar-refractivity contribution in [2.24, 2.45) is 5.92 Å². The minimum absolute atomic E-state index is 0.0996. The Hall–Kier alpha value is -2.98. The topological polar surface area (TPSA) is 104 Å². The van der Waals surface area contributed by atoms with Crippen LogP contribution >= 0.6 is 11.3 Å². The summed E-state index contributed by atoms with van der Waals surface area (Å²) in [6, 6.07) is 7.92. The van der Waals surface area contributed by atoms with E-state index in [1.807, 2.05) is 24.3 Å². The number of carbonyl (C=O) groups excluding carboxylic acids is 3. The first-order valence-corrected chi connectivity index (χ1v) is 12.2. The number of nitrogens with zero attached hydrogens (tertiary/aromatic N) is 3. The van der Waals surface area contributed by atoms with Crippen LogP contribution in [0.25, 0.3) is 0 Å². The van der Waals surface area contributed by atoms with Gasteiger partial charge in [0, 0.05) is 37.1 Å². The number of aromatic nitrogens is 1. The van der Waals surface area contributed by atoms with Crippen molar-refractivity contribution in [2.75, 3.05) is 42.6 Å². The van der Waals surface area contributed by atoms with Gasteiger partial charge in [-0.05, 0) is 30.5 Å². The van der Waals surface area contributed by atoms with E-state index >= 15 is 0 Å².